The molecule has 1 saturated carbocycles. The molecule has 0 aromatic heterocycles. The molecular weight excluding hydrogens is 346 g/mol. The highest BCUT2D eigenvalue weighted by molar-refractivity contribution is 5.40. The number of halogens is 2. The first kappa shape index (κ1) is 19.5. The Morgan fingerprint density at radius 1 is 1.19 bits per heavy atom. The lowest BCUT2D eigenvalue weighted by Gasteiger charge is -2.26. The highest BCUT2D eigenvalue weighted by atomic mass is 19.1. The molecule has 1 fully saturated rings. The van der Waals surface area contributed by atoms with Crippen molar-refractivity contribution >= 4 is 0 Å². The predicted molar refractivity (Wildman–Crippen MR) is 102 cm³/mol. The Balaban J connectivity index is 1.63. The molecule has 27 heavy (non-hydrogen) atoms. The first-order valence-corrected chi connectivity index (χ1v) is 9.08. The third kappa shape index (κ3) is 4.72. The Morgan fingerprint density at radius 3 is 2.48 bits per heavy atom. The molecule has 0 aliphatic heterocycles. The van der Waals surface area contributed by atoms with Gasteiger partial charge in [0, 0.05) is 29.8 Å². The van der Waals surface area contributed by atoms with E-state index in [2.05, 4.69) is 16.6 Å². The van der Waals surface area contributed by atoms with E-state index in [1.165, 1.54) is 12.1 Å². The second-order valence-corrected chi connectivity index (χ2v) is 7.13. The van der Waals surface area contributed by atoms with Crippen molar-refractivity contribution in [2.75, 3.05) is 13.6 Å². The first-order valence-electron chi connectivity index (χ1n) is 9.08. The third-order valence-corrected chi connectivity index (χ3v) is 5.19. The molecule has 3 rings (SSSR count). The summed E-state index contributed by atoms with van der Waals surface area (Å²) in [4.78, 5) is 0. The van der Waals surface area contributed by atoms with Crippen LogP contribution < -0.4 is 10.6 Å². The van der Waals surface area contributed by atoms with Crippen molar-refractivity contribution in [2.45, 2.75) is 36.9 Å². The zero-order valence-corrected chi connectivity index (χ0v) is 15.3. The van der Waals surface area contributed by atoms with Gasteiger partial charge in [0.1, 0.15) is 11.6 Å². The molecule has 2 aromatic rings. The van der Waals surface area contributed by atoms with Crippen LogP contribution in [-0.4, -0.2) is 30.8 Å². The van der Waals surface area contributed by atoms with Crippen LogP contribution in [0.25, 0.3) is 0 Å². The summed E-state index contributed by atoms with van der Waals surface area (Å²) in [5.74, 6) is 1.42. The summed E-state index contributed by atoms with van der Waals surface area (Å²) in [6.45, 7) is 0.365. The molecule has 2 unspecified atom stereocenters. The second-order valence-electron chi connectivity index (χ2n) is 7.13. The highest BCUT2D eigenvalue weighted by Crippen LogP contribution is 2.45. The van der Waals surface area contributed by atoms with Gasteiger partial charge >= 0.3 is 0 Å². The van der Waals surface area contributed by atoms with E-state index in [-0.39, 0.29) is 11.6 Å². The second kappa shape index (κ2) is 8.18. The molecule has 0 radical (unpaired) electrons. The summed E-state index contributed by atoms with van der Waals surface area (Å²) in [5.41, 5.74) is 2.31. The van der Waals surface area contributed by atoms with Crippen molar-refractivity contribution in [1.29, 1.82) is 0 Å². The van der Waals surface area contributed by atoms with Gasteiger partial charge in [-0.1, -0.05) is 18.1 Å². The average Bonchev–Trinajstić information content (AvgIpc) is 3.44. The van der Waals surface area contributed by atoms with E-state index in [0.29, 0.717) is 18.5 Å². The maximum absolute atomic E-state index is 13.4. The minimum absolute atomic E-state index is 0.156. The molecule has 2 atom stereocenters. The quantitative estimate of drug-likeness (QED) is 0.626. The van der Waals surface area contributed by atoms with Crippen LogP contribution in [0.15, 0.2) is 42.5 Å². The summed E-state index contributed by atoms with van der Waals surface area (Å²) in [6, 6.07) is 11.0. The Labute approximate surface area is 158 Å². The van der Waals surface area contributed by atoms with Gasteiger partial charge in [-0.15, -0.1) is 6.42 Å². The lowest BCUT2D eigenvalue weighted by atomic mass is 9.99. The largest absolute Gasteiger partial charge is 0.390 e. The van der Waals surface area contributed by atoms with E-state index in [0.717, 1.165) is 30.0 Å². The Morgan fingerprint density at radius 2 is 1.89 bits per heavy atom. The molecule has 0 saturated heterocycles. The van der Waals surface area contributed by atoms with Crippen molar-refractivity contribution in [3.05, 3.63) is 70.8 Å². The molecular formula is C22H24F2N2O. The first-order chi connectivity index (χ1) is 13.0. The van der Waals surface area contributed by atoms with Gasteiger partial charge in [-0.05, 0) is 61.7 Å². The van der Waals surface area contributed by atoms with E-state index in [1.54, 1.807) is 7.05 Å². The van der Waals surface area contributed by atoms with Gasteiger partial charge in [0.15, 0.2) is 0 Å². The number of terminal acetylenes is 1. The molecule has 0 amide bonds. The van der Waals surface area contributed by atoms with E-state index in [9.17, 15) is 13.9 Å². The van der Waals surface area contributed by atoms with Crippen LogP contribution in [-0.2, 0) is 12.0 Å². The summed E-state index contributed by atoms with van der Waals surface area (Å²) in [6.07, 6.45) is 7.06. The number of hydrogen-bond donors (Lipinski definition) is 3. The summed E-state index contributed by atoms with van der Waals surface area (Å²) in [7, 11) is 1.73. The number of aliphatic hydroxyl groups is 1. The monoisotopic (exact) mass is 370 g/mol. The lowest BCUT2D eigenvalue weighted by Crippen LogP contribution is -2.47. The molecule has 3 nitrogen and oxygen atoms in total. The van der Waals surface area contributed by atoms with Crippen LogP contribution in [0.3, 0.4) is 0 Å². The lowest BCUT2D eigenvalue weighted by molar-refractivity contribution is 0.123. The molecule has 0 bridgehead atoms. The maximum Gasteiger partial charge on any atom is 0.126 e. The van der Waals surface area contributed by atoms with Gasteiger partial charge in [0.05, 0.1) is 6.10 Å². The fourth-order valence-corrected chi connectivity index (χ4v) is 3.45. The minimum atomic E-state index is -0.713. The smallest absolute Gasteiger partial charge is 0.126 e. The fourth-order valence-electron chi connectivity index (χ4n) is 3.45. The molecule has 0 spiro atoms. The van der Waals surface area contributed by atoms with Crippen LogP contribution in [0.4, 0.5) is 8.78 Å². The minimum Gasteiger partial charge on any atom is -0.390 e. The molecule has 142 valence electrons. The standard InChI is InChI=1S/C22H24F2N2O/c1-3-15-5-4-6-17(9-15)22(7-8-22)26-14-21(27)20(25-2)12-16-10-18(23)13-19(24)11-16/h1,4-6,9-11,13,20-21,25-27H,7-8,12,14H2,2H3. The van der Waals surface area contributed by atoms with Crippen LogP contribution in [0.1, 0.15) is 29.5 Å². The molecule has 3 N–H and O–H groups in total. The molecule has 1 aliphatic rings. The predicted octanol–water partition coefficient (Wildman–Crippen LogP) is 2.72. The van der Waals surface area contributed by atoms with Gasteiger partial charge in [-0.25, -0.2) is 8.78 Å². The topological polar surface area (TPSA) is 44.3 Å². The normalized spacial score (nSPS) is 17.1. The van der Waals surface area contributed by atoms with Crippen molar-refractivity contribution in [2.24, 2.45) is 0 Å². The van der Waals surface area contributed by atoms with Crippen molar-refractivity contribution in [3.63, 3.8) is 0 Å². The van der Waals surface area contributed by atoms with E-state index in [1.807, 2.05) is 24.3 Å². The zero-order chi connectivity index (χ0) is 19.4. The SMILES string of the molecule is C#Cc1cccc(C2(NCC(O)C(Cc3cc(F)cc(F)c3)NC)CC2)c1. The summed E-state index contributed by atoms with van der Waals surface area (Å²) < 4.78 is 26.8. The zero-order valence-electron chi connectivity index (χ0n) is 15.3. The van der Waals surface area contributed by atoms with Gasteiger partial charge in [0.2, 0.25) is 0 Å². The molecule has 1 aliphatic carbocycles. The Bertz CT molecular complexity index is 822. The molecule has 5 heteroatoms. The Hall–Kier alpha value is -2.26. The number of nitrogens with one attached hydrogen (secondary N) is 2. The number of rotatable bonds is 8. The van der Waals surface area contributed by atoms with Gasteiger partial charge in [-0.2, -0.15) is 0 Å². The van der Waals surface area contributed by atoms with Crippen LogP contribution in [0.2, 0.25) is 0 Å². The fraction of sp³-hybridized carbons (Fsp3) is 0.364. The number of likely N-dealkylation sites (N-methyl/N-ethyl adjacent to an activating group) is 1. The van der Waals surface area contributed by atoms with Crippen molar-refractivity contribution < 1.29 is 13.9 Å². The van der Waals surface area contributed by atoms with Gasteiger partial charge in [-0.3, -0.25) is 0 Å². The van der Waals surface area contributed by atoms with Gasteiger partial charge < -0.3 is 15.7 Å². The number of benzene rings is 2. The van der Waals surface area contributed by atoms with E-state index < -0.39 is 17.7 Å². The third-order valence-electron chi connectivity index (χ3n) is 5.19. The highest BCUT2D eigenvalue weighted by Gasteiger charge is 2.44. The molecule has 0 heterocycles. The van der Waals surface area contributed by atoms with Crippen LogP contribution in [0, 0.1) is 24.0 Å². The molecule has 2 aromatic carbocycles. The van der Waals surface area contributed by atoms with Crippen molar-refractivity contribution in [1.82, 2.24) is 10.6 Å². The summed E-state index contributed by atoms with van der Waals surface area (Å²) >= 11 is 0. The van der Waals surface area contributed by atoms with Crippen molar-refractivity contribution in [3.8, 4) is 12.3 Å². The van der Waals surface area contributed by atoms with E-state index >= 15 is 0 Å². The van der Waals surface area contributed by atoms with Crippen LogP contribution in [0.5, 0.6) is 0 Å². The summed E-state index contributed by atoms with van der Waals surface area (Å²) in [5, 5.41) is 17.1. The van der Waals surface area contributed by atoms with Crippen LogP contribution >= 0.6 is 0 Å². The number of hydrogen-bond acceptors (Lipinski definition) is 3. The Kier molecular flexibility index (Phi) is 5.91. The maximum atomic E-state index is 13.4. The van der Waals surface area contributed by atoms with E-state index in [4.69, 9.17) is 6.42 Å². The van der Waals surface area contributed by atoms with Gasteiger partial charge in [0.25, 0.3) is 0 Å². The average molecular weight is 370 g/mol. The number of aliphatic hydroxyl groups excluding tert-OH is 1.